The second kappa shape index (κ2) is 4.21. The van der Waals surface area contributed by atoms with Gasteiger partial charge in [0.15, 0.2) is 5.82 Å². The molecule has 0 saturated carbocycles. The summed E-state index contributed by atoms with van der Waals surface area (Å²) in [6.45, 7) is 3.61. The molecule has 1 aromatic heterocycles. The minimum Gasteiger partial charge on any atom is -0.376 e. The number of hydrogen-bond acceptors (Lipinski definition) is 4. The normalized spacial score (nSPS) is 16.7. The monoisotopic (exact) mass is 214 g/mol. The van der Waals surface area contributed by atoms with Gasteiger partial charge in [0.1, 0.15) is 17.9 Å². The molecular weight excluding hydrogens is 204 g/mol. The van der Waals surface area contributed by atoms with Crippen molar-refractivity contribution in [3.63, 3.8) is 0 Å². The van der Waals surface area contributed by atoms with Gasteiger partial charge in [-0.3, -0.25) is 0 Å². The van der Waals surface area contributed by atoms with Crippen molar-refractivity contribution in [1.29, 1.82) is 0 Å². The lowest BCUT2D eigenvalue weighted by Gasteiger charge is -2.25. The van der Waals surface area contributed by atoms with Gasteiger partial charge in [-0.25, -0.2) is 9.97 Å². The third-order valence-corrected chi connectivity index (χ3v) is 2.12. The third-order valence-electron chi connectivity index (χ3n) is 1.92. The van der Waals surface area contributed by atoms with Crippen molar-refractivity contribution in [3.8, 4) is 0 Å². The number of hydrogen-bond donors (Lipinski definition) is 0. The Bertz CT molecular complexity index is 308. The first-order valence-electron chi connectivity index (χ1n) is 4.43. The maximum atomic E-state index is 5.78. The largest absolute Gasteiger partial charge is 0.376 e. The predicted molar refractivity (Wildman–Crippen MR) is 51.2 cm³/mol. The highest BCUT2D eigenvalue weighted by Gasteiger charge is 2.19. The van der Waals surface area contributed by atoms with Gasteiger partial charge in [0.25, 0.3) is 0 Å². The van der Waals surface area contributed by atoms with Crippen LogP contribution in [0.2, 0.25) is 5.15 Å². The van der Waals surface area contributed by atoms with Crippen LogP contribution < -0.4 is 0 Å². The zero-order chi connectivity index (χ0) is 9.97. The molecule has 1 aliphatic rings. The molecule has 0 radical (unpaired) electrons. The van der Waals surface area contributed by atoms with E-state index in [9.17, 15) is 0 Å². The standard InChI is InChI=1S/C9H11ClN2O2/c1-6-2-8(10)12-9(11-6)5-14-7-3-13-4-7/h2,7H,3-5H2,1H3. The van der Waals surface area contributed by atoms with E-state index in [0.717, 1.165) is 5.69 Å². The molecule has 14 heavy (non-hydrogen) atoms. The van der Waals surface area contributed by atoms with E-state index in [1.54, 1.807) is 6.07 Å². The molecule has 2 rings (SSSR count). The zero-order valence-corrected chi connectivity index (χ0v) is 8.62. The van der Waals surface area contributed by atoms with Crippen LogP contribution in [0.4, 0.5) is 0 Å². The molecule has 0 atom stereocenters. The lowest BCUT2D eigenvalue weighted by Crippen LogP contribution is -2.36. The molecule has 2 heterocycles. The number of ether oxygens (including phenoxy) is 2. The Hall–Kier alpha value is -0.710. The summed E-state index contributed by atoms with van der Waals surface area (Å²) in [6, 6.07) is 1.72. The van der Waals surface area contributed by atoms with E-state index in [4.69, 9.17) is 21.1 Å². The second-order valence-corrected chi connectivity index (χ2v) is 3.61. The van der Waals surface area contributed by atoms with E-state index in [2.05, 4.69) is 9.97 Å². The Morgan fingerprint density at radius 3 is 2.93 bits per heavy atom. The van der Waals surface area contributed by atoms with E-state index < -0.39 is 0 Å². The van der Waals surface area contributed by atoms with Gasteiger partial charge in [0.2, 0.25) is 0 Å². The first-order valence-corrected chi connectivity index (χ1v) is 4.81. The Morgan fingerprint density at radius 1 is 1.57 bits per heavy atom. The van der Waals surface area contributed by atoms with E-state index >= 15 is 0 Å². The third kappa shape index (κ3) is 2.41. The Labute approximate surface area is 87.2 Å². The number of aromatic nitrogens is 2. The fourth-order valence-electron chi connectivity index (χ4n) is 1.16. The molecule has 0 aliphatic carbocycles. The van der Waals surface area contributed by atoms with Crippen LogP contribution in [0.15, 0.2) is 6.07 Å². The first kappa shape index (κ1) is 9.83. The summed E-state index contributed by atoms with van der Waals surface area (Å²) < 4.78 is 10.4. The molecule has 1 aliphatic heterocycles. The highest BCUT2D eigenvalue weighted by molar-refractivity contribution is 6.29. The molecule has 0 bridgehead atoms. The topological polar surface area (TPSA) is 44.2 Å². The number of nitrogens with zero attached hydrogens (tertiary/aromatic N) is 2. The van der Waals surface area contributed by atoms with Crippen molar-refractivity contribution in [2.45, 2.75) is 19.6 Å². The van der Waals surface area contributed by atoms with Crippen molar-refractivity contribution in [2.75, 3.05) is 13.2 Å². The molecule has 0 N–H and O–H groups in total. The molecular formula is C9H11ClN2O2. The van der Waals surface area contributed by atoms with Crippen LogP contribution in [-0.2, 0) is 16.1 Å². The Balaban J connectivity index is 1.94. The number of rotatable bonds is 3. The molecule has 1 saturated heterocycles. The maximum absolute atomic E-state index is 5.78. The summed E-state index contributed by atoms with van der Waals surface area (Å²) in [5.74, 6) is 0.627. The van der Waals surface area contributed by atoms with E-state index in [1.165, 1.54) is 0 Å². The zero-order valence-electron chi connectivity index (χ0n) is 7.86. The molecule has 5 heteroatoms. The van der Waals surface area contributed by atoms with Crippen LogP contribution >= 0.6 is 11.6 Å². The van der Waals surface area contributed by atoms with Crippen LogP contribution in [0.1, 0.15) is 11.5 Å². The molecule has 1 aromatic rings. The SMILES string of the molecule is Cc1cc(Cl)nc(COC2COC2)n1. The van der Waals surface area contributed by atoms with Gasteiger partial charge in [0.05, 0.1) is 13.2 Å². The predicted octanol–water partition coefficient (Wildman–Crippen LogP) is 1.35. The van der Waals surface area contributed by atoms with Crippen molar-refractivity contribution in [2.24, 2.45) is 0 Å². The maximum Gasteiger partial charge on any atom is 0.155 e. The first-order chi connectivity index (χ1) is 6.74. The molecule has 0 amide bonds. The Kier molecular flexibility index (Phi) is 2.96. The molecule has 76 valence electrons. The summed E-state index contributed by atoms with van der Waals surface area (Å²) in [6.07, 6.45) is 0.192. The van der Waals surface area contributed by atoms with Crippen molar-refractivity contribution in [3.05, 3.63) is 22.7 Å². The van der Waals surface area contributed by atoms with Crippen molar-refractivity contribution < 1.29 is 9.47 Å². The quantitative estimate of drug-likeness (QED) is 0.713. The summed E-state index contributed by atoms with van der Waals surface area (Å²) in [5.41, 5.74) is 0.855. The fraction of sp³-hybridized carbons (Fsp3) is 0.556. The van der Waals surface area contributed by atoms with Gasteiger partial charge in [-0.05, 0) is 13.0 Å². The molecule has 1 fully saturated rings. The van der Waals surface area contributed by atoms with Crippen molar-refractivity contribution >= 4 is 11.6 Å². The van der Waals surface area contributed by atoms with Gasteiger partial charge < -0.3 is 9.47 Å². The number of halogens is 1. The fourth-order valence-corrected chi connectivity index (χ4v) is 1.41. The summed E-state index contributed by atoms with van der Waals surface area (Å²) in [7, 11) is 0. The lowest BCUT2D eigenvalue weighted by molar-refractivity contribution is -0.136. The van der Waals surface area contributed by atoms with Gasteiger partial charge in [-0.1, -0.05) is 11.6 Å². The summed E-state index contributed by atoms with van der Waals surface area (Å²) in [5, 5.41) is 0.459. The van der Waals surface area contributed by atoms with E-state index in [-0.39, 0.29) is 6.10 Å². The van der Waals surface area contributed by atoms with Crippen LogP contribution in [0, 0.1) is 6.92 Å². The minimum absolute atomic E-state index is 0.192. The van der Waals surface area contributed by atoms with Crippen LogP contribution in [0.3, 0.4) is 0 Å². The highest BCUT2D eigenvalue weighted by Crippen LogP contribution is 2.10. The van der Waals surface area contributed by atoms with Gasteiger partial charge in [-0.2, -0.15) is 0 Å². The van der Waals surface area contributed by atoms with Crippen LogP contribution in [0.5, 0.6) is 0 Å². The summed E-state index contributed by atoms with van der Waals surface area (Å²) in [4.78, 5) is 8.26. The average Bonchev–Trinajstić information content (AvgIpc) is 1.99. The van der Waals surface area contributed by atoms with Gasteiger partial charge in [0, 0.05) is 5.69 Å². The molecule has 0 unspecified atom stereocenters. The van der Waals surface area contributed by atoms with Gasteiger partial charge >= 0.3 is 0 Å². The minimum atomic E-state index is 0.192. The van der Waals surface area contributed by atoms with Crippen LogP contribution in [0.25, 0.3) is 0 Å². The number of aryl methyl sites for hydroxylation is 1. The van der Waals surface area contributed by atoms with Gasteiger partial charge in [-0.15, -0.1) is 0 Å². The van der Waals surface area contributed by atoms with E-state index in [1.807, 2.05) is 6.92 Å². The smallest absolute Gasteiger partial charge is 0.155 e. The second-order valence-electron chi connectivity index (χ2n) is 3.22. The Morgan fingerprint density at radius 2 is 2.36 bits per heavy atom. The average molecular weight is 215 g/mol. The van der Waals surface area contributed by atoms with Crippen LogP contribution in [-0.4, -0.2) is 29.3 Å². The summed E-state index contributed by atoms with van der Waals surface area (Å²) >= 11 is 5.78. The van der Waals surface area contributed by atoms with Crippen molar-refractivity contribution in [1.82, 2.24) is 9.97 Å². The molecule has 0 aromatic carbocycles. The molecule has 4 nitrogen and oxygen atoms in total. The lowest BCUT2D eigenvalue weighted by atomic mass is 10.3. The van der Waals surface area contributed by atoms with E-state index in [0.29, 0.717) is 30.8 Å². The highest BCUT2D eigenvalue weighted by atomic mass is 35.5. The molecule has 0 spiro atoms.